The Balaban J connectivity index is 0.000000436. The lowest BCUT2D eigenvalue weighted by Gasteiger charge is -2.27. The van der Waals surface area contributed by atoms with Gasteiger partial charge in [-0.15, -0.1) is 0 Å². The van der Waals surface area contributed by atoms with E-state index in [2.05, 4.69) is 33.7 Å². The van der Waals surface area contributed by atoms with Crippen molar-refractivity contribution in [3.63, 3.8) is 0 Å². The van der Waals surface area contributed by atoms with Crippen molar-refractivity contribution in [3.05, 3.63) is 46.1 Å². The zero-order valence-electron chi connectivity index (χ0n) is 23.9. The summed E-state index contributed by atoms with van der Waals surface area (Å²) >= 11 is 0.614. The first-order valence-electron chi connectivity index (χ1n) is 13.5. The fourth-order valence-corrected chi connectivity index (χ4v) is 5.53. The highest BCUT2D eigenvalue weighted by Gasteiger charge is 2.25. The van der Waals surface area contributed by atoms with E-state index in [4.69, 9.17) is 5.73 Å². The molecule has 2 aromatic heterocycles. The average Bonchev–Trinajstić information content (AvgIpc) is 2.90. The normalized spacial score (nSPS) is 14.4. The molecule has 1 aliphatic rings. The van der Waals surface area contributed by atoms with Crippen molar-refractivity contribution in [1.82, 2.24) is 19.4 Å². The Morgan fingerprint density at radius 2 is 1.78 bits per heavy atom. The van der Waals surface area contributed by atoms with Gasteiger partial charge in [-0.3, -0.25) is 9.36 Å². The van der Waals surface area contributed by atoms with E-state index in [0.717, 1.165) is 13.0 Å². The van der Waals surface area contributed by atoms with Crippen molar-refractivity contribution >= 4 is 34.6 Å². The summed E-state index contributed by atoms with van der Waals surface area (Å²) in [6.07, 6.45) is 7.99. The number of nitrogens with one attached hydrogen (secondary N) is 1. The van der Waals surface area contributed by atoms with E-state index in [9.17, 15) is 26.7 Å². The summed E-state index contributed by atoms with van der Waals surface area (Å²) < 4.78 is 73.4. The summed E-state index contributed by atoms with van der Waals surface area (Å²) in [7, 11) is 4.38. The minimum Gasteiger partial charge on any atom is -0.368 e. The van der Waals surface area contributed by atoms with E-state index in [1.165, 1.54) is 48.9 Å². The fourth-order valence-electron chi connectivity index (χ4n) is 4.64. The molecule has 1 saturated carbocycles. The number of alkyl halides is 2. The summed E-state index contributed by atoms with van der Waals surface area (Å²) in [5, 5.41) is 0.320. The van der Waals surface area contributed by atoms with E-state index in [-0.39, 0.29) is 22.9 Å². The van der Waals surface area contributed by atoms with E-state index >= 15 is 0 Å². The number of nitrogen functional groups attached to an aromatic ring is 1. The van der Waals surface area contributed by atoms with Gasteiger partial charge in [0.2, 0.25) is 11.9 Å². The number of benzene rings is 1. The molecule has 0 atom stereocenters. The van der Waals surface area contributed by atoms with Crippen LogP contribution in [0.1, 0.15) is 65.3 Å². The monoisotopic (exact) mass is 600 g/mol. The number of nitrogens with zero attached hydrogens (tertiary/aromatic N) is 4. The first kappa shape index (κ1) is 32.6. The van der Waals surface area contributed by atoms with Crippen LogP contribution in [0.5, 0.6) is 0 Å². The van der Waals surface area contributed by atoms with Crippen LogP contribution in [0.2, 0.25) is 0 Å². The van der Waals surface area contributed by atoms with Gasteiger partial charge in [0.25, 0.3) is 5.56 Å². The Morgan fingerprint density at radius 3 is 2.34 bits per heavy atom. The number of rotatable bonds is 8. The number of halogens is 5. The van der Waals surface area contributed by atoms with Crippen molar-refractivity contribution in [1.29, 1.82) is 0 Å². The van der Waals surface area contributed by atoms with E-state index in [0.29, 0.717) is 23.4 Å². The highest BCUT2D eigenvalue weighted by Crippen LogP contribution is 2.33. The third-order valence-electron chi connectivity index (χ3n) is 6.88. The molecule has 2 heterocycles. The van der Waals surface area contributed by atoms with Crippen LogP contribution in [0.25, 0.3) is 22.2 Å². The van der Waals surface area contributed by atoms with E-state index in [1.807, 2.05) is 0 Å². The Kier molecular flexibility index (Phi) is 11.0. The molecule has 0 radical (unpaired) electrons. The maximum absolute atomic E-state index is 14.9. The molecule has 0 amide bonds. The quantitative estimate of drug-likeness (QED) is 0.124. The van der Waals surface area contributed by atoms with Gasteiger partial charge in [0, 0.05) is 41.4 Å². The van der Waals surface area contributed by atoms with Crippen LogP contribution in [0, 0.1) is 17.5 Å². The second-order valence-corrected chi connectivity index (χ2v) is 11.7. The molecule has 226 valence electrons. The van der Waals surface area contributed by atoms with Crippen molar-refractivity contribution < 1.29 is 22.0 Å². The third kappa shape index (κ3) is 8.31. The molecule has 3 aromatic rings. The third-order valence-corrected chi connectivity index (χ3v) is 7.64. The number of pyridine rings is 1. The number of hydrogen-bond donors (Lipinski definition) is 2. The summed E-state index contributed by atoms with van der Waals surface area (Å²) in [5.74, 6) is -7.39. The lowest BCUT2D eigenvalue weighted by atomic mass is 9.95. The van der Waals surface area contributed by atoms with Crippen molar-refractivity contribution in [2.75, 3.05) is 30.3 Å². The topological polar surface area (TPSA) is 89.1 Å². The molecule has 0 aliphatic heterocycles. The zero-order chi connectivity index (χ0) is 30.5. The Hall–Kier alpha value is -2.93. The van der Waals surface area contributed by atoms with Gasteiger partial charge in [-0.1, -0.05) is 31.2 Å². The van der Waals surface area contributed by atoms with Gasteiger partial charge in [-0.05, 0) is 59.8 Å². The van der Waals surface area contributed by atoms with Crippen LogP contribution in [0.15, 0.2) is 23.1 Å². The van der Waals surface area contributed by atoms with Crippen LogP contribution in [0.4, 0.5) is 33.6 Å². The maximum atomic E-state index is 14.9. The predicted octanol–water partition coefficient (Wildman–Crippen LogP) is 7.03. The van der Waals surface area contributed by atoms with Gasteiger partial charge < -0.3 is 15.4 Å². The van der Waals surface area contributed by atoms with Gasteiger partial charge in [-0.2, -0.15) is 4.98 Å². The fraction of sp³-hybridized carbons (Fsp3) is 0.536. The van der Waals surface area contributed by atoms with E-state index < -0.39 is 52.6 Å². The average molecular weight is 601 g/mol. The SMILES string of the molecule is CC(C)n1c(=O)c(-c2cc(F)c(NSCCC(C)(F)F)c(F)c2F)cc2cnc(N)nc21.CN(C)C1CCCCC1. The van der Waals surface area contributed by atoms with Crippen LogP contribution in [-0.4, -0.2) is 51.2 Å². The van der Waals surface area contributed by atoms with Crippen molar-refractivity contribution in [2.45, 2.75) is 77.3 Å². The van der Waals surface area contributed by atoms with Crippen molar-refractivity contribution in [3.8, 4) is 11.1 Å². The summed E-state index contributed by atoms with van der Waals surface area (Å²) in [5.41, 5.74) is 3.38. The lowest BCUT2D eigenvalue weighted by Crippen LogP contribution is -2.29. The minimum atomic E-state index is -2.94. The molecule has 1 aromatic carbocycles. The summed E-state index contributed by atoms with van der Waals surface area (Å²) in [4.78, 5) is 23.3. The van der Waals surface area contributed by atoms with Gasteiger partial charge in [0.15, 0.2) is 17.5 Å². The first-order chi connectivity index (χ1) is 19.2. The zero-order valence-corrected chi connectivity index (χ0v) is 24.7. The number of aromatic nitrogens is 3. The molecule has 41 heavy (non-hydrogen) atoms. The molecular formula is C28H37F5N6OS. The number of nitrogens with two attached hydrogens (primary N) is 1. The predicted molar refractivity (Wildman–Crippen MR) is 156 cm³/mol. The van der Waals surface area contributed by atoms with E-state index in [1.54, 1.807) is 13.8 Å². The minimum absolute atomic E-state index is 0.0731. The number of anilines is 2. The number of hydrogen-bond acceptors (Lipinski definition) is 7. The largest absolute Gasteiger partial charge is 0.368 e. The smallest absolute Gasteiger partial charge is 0.260 e. The van der Waals surface area contributed by atoms with Crippen LogP contribution < -0.4 is 16.0 Å². The number of fused-ring (bicyclic) bond motifs is 1. The lowest BCUT2D eigenvalue weighted by molar-refractivity contribution is 0.0194. The molecule has 13 heteroatoms. The second kappa shape index (κ2) is 13.8. The molecule has 0 bridgehead atoms. The van der Waals surface area contributed by atoms with Crippen molar-refractivity contribution in [2.24, 2.45) is 0 Å². The van der Waals surface area contributed by atoms with Gasteiger partial charge >= 0.3 is 0 Å². The Morgan fingerprint density at radius 1 is 1.12 bits per heavy atom. The van der Waals surface area contributed by atoms with Crippen LogP contribution in [0.3, 0.4) is 0 Å². The molecule has 1 fully saturated rings. The second-order valence-electron chi connectivity index (χ2n) is 10.8. The molecule has 4 rings (SSSR count). The van der Waals surface area contributed by atoms with Crippen LogP contribution >= 0.6 is 11.9 Å². The molecule has 3 N–H and O–H groups in total. The Labute approximate surface area is 240 Å². The summed E-state index contributed by atoms with van der Waals surface area (Å²) in [6, 6.07) is 2.38. The summed E-state index contributed by atoms with van der Waals surface area (Å²) in [6.45, 7) is 4.09. The molecule has 0 saturated heterocycles. The first-order valence-corrected chi connectivity index (χ1v) is 14.5. The molecule has 1 aliphatic carbocycles. The Bertz CT molecular complexity index is 1400. The van der Waals surface area contributed by atoms with Gasteiger partial charge in [0.1, 0.15) is 11.3 Å². The van der Waals surface area contributed by atoms with Gasteiger partial charge in [0.05, 0.1) is 5.56 Å². The highest BCUT2D eigenvalue weighted by atomic mass is 32.2. The highest BCUT2D eigenvalue weighted by molar-refractivity contribution is 8.00. The molecular weight excluding hydrogens is 563 g/mol. The maximum Gasteiger partial charge on any atom is 0.260 e. The molecule has 0 spiro atoms. The van der Waals surface area contributed by atoms with Crippen LogP contribution in [-0.2, 0) is 0 Å². The van der Waals surface area contributed by atoms with Gasteiger partial charge in [-0.25, -0.2) is 26.9 Å². The standard InChI is InChI=1S/C20H20F5N5OS.C8H17N/c1-9(2)30-17-10(8-27-19(26)28-17)6-12(18(30)31)11-7-13(21)16(15(23)14(11)22)29-32-5-4-20(3,24)25;1-9(2)8-6-4-3-5-7-8/h6-9,29H,4-5H2,1-3H3,(H2,26,27,28);8H,3-7H2,1-2H3. The molecule has 7 nitrogen and oxygen atoms in total. The molecule has 0 unspecified atom stereocenters.